The van der Waals surface area contributed by atoms with E-state index >= 15 is 0 Å². The van der Waals surface area contributed by atoms with Crippen molar-refractivity contribution in [2.45, 2.75) is 6.18 Å². The second-order valence-electron chi connectivity index (χ2n) is 6.12. The molecule has 0 aliphatic carbocycles. The minimum absolute atomic E-state index is 0.241. The molecule has 150 valence electrons. The molecule has 0 heterocycles. The average Bonchev–Trinajstić information content (AvgIpc) is 2.60. The zero-order valence-corrected chi connectivity index (χ0v) is 16.2. The summed E-state index contributed by atoms with van der Waals surface area (Å²) >= 11 is 12.3. The molecular weight excluding hydrogens is 426 g/mol. The maximum absolute atomic E-state index is 12.9. The normalized spacial score (nSPS) is 11.2. The smallest absolute Gasteiger partial charge is 0.399 e. The Balaban J connectivity index is 2.04. The van der Waals surface area contributed by atoms with Gasteiger partial charge in [0.05, 0.1) is 16.3 Å². The van der Waals surface area contributed by atoms with E-state index in [0.717, 1.165) is 12.1 Å². The maximum atomic E-state index is 12.9. The number of nitrogens with two attached hydrogens (primary N) is 1. The molecule has 0 aromatic heterocycles. The predicted molar refractivity (Wildman–Crippen MR) is 111 cm³/mol. The SMILES string of the molecule is Nc1cc(Nc2cccc(C(F)(F)F)c2)cc(-c2c(Cl)cc(Cl)cc2NC=O)c1. The molecule has 0 atom stereocenters. The van der Waals surface area contributed by atoms with Crippen molar-refractivity contribution >= 4 is 52.4 Å². The molecule has 0 saturated carbocycles. The summed E-state index contributed by atoms with van der Waals surface area (Å²) in [5, 5.41) is 6.05. The molecule has 0 bridgehead atoms. The Morgan fingerprint density at radius 1 is 0.966 bits per heavy atom. The van der Waals surface area contributed by atoms with Gasteiger partial charge in [-0.3, -0.25) is 4.79 Å². The summed E-state index contributed by atoms with van der Waals surface area (Å²) in [6.45, 7) is 0. The minimum Gasteiger partial charge on any atom is -0.399 e. The summed E-state index contributed by atoms with van der Waals surface area (Å²) in [5.74, 6) is 0. The number of carbonyl (C=O) groups excluding carboxylic acids is 1. The van der Waals surface area contributed by atoms with Gasteiger partial charge >= 0.3 is 6.18 Å². The Labute approximate surface area is 174 Å². The molecule has 0 fully saturated rings. The third-order valence-electron chi connectivity index (χ3n) is 3.99. The lowest BCUT2D eigenvalue weighted by atomic mass is 10.0. The van der Waals surface area contributed by atoms with Gasteiger partial charge < -0.3 is 16.4 Å². The monoisotopic (exact) mass is 439 g/mol. The fraction of sp³-hybridized carbons (Fsp3) is 0.0500. The summed E-state index contributed by atoms with van der Waals surface area (Å²) in [6.07, 6.45) is -3.97. The molecule has 3 aromatic rings. The molecule has 0 aliphatic rings. The van der Waals surface area contributed by atoms with Crippen molar-refractivity contribution in [1.82, 2.24) is 0 Å². The fourth-order valence-corrected chi connectivity index (χ4v) is 3.45. The highest BCUT2D eigenvalue weighted by atomic mass is 35.5. The zero-order valence-electron chi connectivity index (χ0n) is 14.6. The van der Waals surface area contributed by atoms with Crippen LogP contribution >= 0.6 is 23.2 Å². The van der Waals surface area contributed by atoms with Gasteiger partial charge in [-0.2, -0.15) is 13.2 Å². The van der Waals surface area contributed by atoms with Gasteiger partial charge in [-0.25, -0.2) is 0 Å². The zero-order chi connectivity index (χ0) is 21.2. The molecule has 3 aromatic carbocycles. The second kappa shape index (κ2) is 8.23. The van der Waals surface area contributed by atoms with E-state index in [-0.39, 0.29) is 10.7 Å². The van der Waals surface area contributed by atoms with E-state index in [9.17, 15) is 18.0 Å². The summed E-state index contributed by atoms with van der Waals surface area (Å²) in [6, 6.07) is 12.7. The third-order valence-corrected chi connectivity index (χ3v) is 4.51. The van der Waals surface area contributed by atoms with Crippen LogP contribution in [0.25, 0.3) is 11.1 Å². The Morgan fingerprint density at radius 3 is 2.41 bits per heavy atom. The van der Waals surface area contributed by atoms with Crippen LogP contribution in [-0.2, 0) is 11.0 Å². The lowest BCUT2D eigenvalue weighted by Crippen LogP contribution is -2.05. The molecule has 4 N–H and O–H groups in total. The van der Waals surface area contributed by atoms with Crippen LogP contribution in [0, 0.1) is 0 Å². The van der Waals surface area contributed by atoms with E-state index in [4.69, 9.17) is 28.9 Å². The van der Waals surface area contributed by atoms with E-state index < -0.39 is 11.7 Å². The van der Waals surface area contributed by atoms with Crippen molar-refractivity contribution < 1.29 is 18.0 Å². The standard InChI is InChI=1S/C20H14Cl2F3N3O/c21-13-7-17(22)19(18(8-13)27-10-29)11-4-14(26)9-16(5-11)28-15-3-1-2-12(6-15)20(23,24)25/h1-10,28H,26H2,(H,27,29). The van der Waals surface area contributed by atoms with Crippen LogP contribution in [-0.4, -0.2) is 6.41 Å². The number of nitrogens with one attached hydrogen (secondary N) is 2. The van der Waals surface area contributed by atoms with Crippen molar-refractivity contribution in [2.75, 3.05) is 16.4 Å². The Bertz CT molecular complexity index is 1070. The molecule has 3 rings (SSSR count). The van der Waals surface area contributed by atoms with Crippen LogP contribution in [0.2, 0.25) is 10.0 Å². The van der Waals surface area contributed by atoms with Gasteiger partial charge in [0.1, 0.15) is 0 Å². The summed E-state index contributed by atoms with van der Waals surface area (Å²) < 4.78 is 38.8. The highest BCUT2D eigenvalue weighted by molar-refractivity contribution is 6.37. The first-order valence-corrected chi connectivity index (χ1v) is 8.97. The van der Waals surface area contributed by atoms with Gasteiger partial charge in [0.15, 0.2) is 0 Å². The molecule has 0 aliphatic heterocycles. The number of hydrogen-bond donors (Lipinski definition) is 3. The lowest BCUT2D eigenvalue weighted by Gasteiger charge is -2.15. The van der Waals surface area contributed by atoms with Gasteiger partial charge in [0.25, 0.3) is 0 Å². The lowest BCUT2D eigenvalue weighted by molar-refractivity contribution is -0.137. The first kappa shape index (κ1) is 20.8. The maximum Gasteiger partial charge on any atom is 0.416 e. The van der Waals surface area contributed by atoms with Crippen LogP contribution in [0.3, 0.4) is 0 Å². The highest BCUT2D eigenvalue weighted by Gasteiger charge is 2.30. The van der Waals surface area contributed by atoms with Gasteiger partial charge in [-0.05, 0) is 54.1 Å². The largest absolute Gasteiger partial charge is 0.416 e. The van der Waals surface area contributed by atoms with Crippen LogP contribution in [0.5, 0.6) is 0 Å². The molecule has 0 spiro atoms. The first-order chi connectivity index (χ1) is 13.7. The molecular formula is C20H14Cl2F3N3O. The topological polar surface area (TPSA) is 67.2 Å². The predicted octanol–water partition coefficient (Wildman–Crippen LogP) is 6.57. The van der Waals surface area contributed by atoms with E-state index in [1.165, 1.54) is 24.3 Å². The van der Waals surface area contributed by atoms with Gasteiger partial charge in [-0.1, -0.05) is 29.3 Å². The van der Waals surface area contributed by atoms with Gasteiger partial charge in [0, 0.05) is 27.6 Å². The van der Waals surface area contributed by atoms with Gasteiger partial charge in [0.2, 0.25) is 6.41 Å². The van der Waals surface area contributed by atoms with Crippen LogP contribution in [0.15, 0.2) is 54.6 Å². The fourth-order valence-electron chi connectivity index (χ4n) is 2.85. The number of carbonyl (C=O) groups is 1. The summed E-state index contributed by atoms with van der Waals surface area (Å²) in [4.78, 5) is 10.9. The van der Waals surface area contributed by atoms with Crippen molar-refractivity contribution in [3.63, 3.8) is 0 Å². The number of alkyl halides is 3. The Hall–Kier alpha value is -2.90. The van der Waals surface area contributed by atoms with Crippen molar-refractivity contribution in [2.24, 2.45) is 0 Å². The Morgan fingerprint density at radius 2 is 1.72 bits per heavy atom. The van der Waals surface area contributed by atoms with Gasteiger partial charge in [-0.15, -0.1) is 0 Å². The number of anilines is 4. The molecule has 29 heavy (non-hydrogen) atoms. The highest BCUT2D eigenvalue weighted by Crippen LogP contribution is 2.40. The molecule has 0 saturated heterocycles. The first-order valence-electron chi connectivity index (χ1n) is 8.22. The third kappa shape index (κ3) is 4.93. The average molecular weight is 440 g/mol. The second-order valence-corrected chi connectivity index (χ2v) is 6.96. The number of hydrogen-bond acceptors (Lipinski definition) is 3. The van der Waals surface area contributed by atoms with E-state index in [1.807, 2.05) is 0 Å². The minimum atomic E-state index is -4.45. The van der Waals surface area contributed by atoms with E-state index in [0.29, 0.717) is 39.6 Å². The Kier molecular flexibility index (Phi) is 5.91. The summed E-state index contributed by atoms with van der Waals surface area (Å²) in [5.41, 5.74) is 7.63. The number of nitrogen functional groups attached to an aromatic ring is 1. The molecule has 1 amide bonds. The molecule has 9 heteroatoms. The van der Waals surface area contributed by atoms with Crippen molar-refractivity contribution in [3.8, 4) is 11.1 Å². The van der Waals surface area contributed by atoms with Crippen LogP contribution < -0.4 is 16.4 Å². The van der Waals surface area contributed by atoms with Crippen molar-refractivity contribution in [1.29, 1.82) is 0 Å². The number of amides is 1. The number of halogens is 5. The molecule has 0 unspecified atom stereocenters. The number of rotatable bonds is 5. The van der Waals surface area contributed by atoms with E-state index in [1.54, 1.807) is 18.2 Å². The molecule has 0 radical (unpaired) electrons. The van der Waals surface area contributed by atoms with Crippen molar-refractivity contribution in [3.05, 3.63) is 70.2 Å². The van der Waals surface area contributed by atoms with Crippen LogP contribution in [0.4, 0.5) is 35.9 Å². The quantitative estimate of drug-likeness (QED) is 0.310. The van der Waals surface area contributed by atoms with Crippen LogP contribution in [0.1, 0.15) is 5.56 Å². The van der Waals surface area contributed by atoms with E-state index in [2.05, 4.69) is 10.6 Å². The molecule has 4 nitrogen and oxygen atoms in total. The summed E-state index contributed by atoms with van der Waals surface area (Å²) in [7, 11) is 0. The number of benzene rings is 3.